The van der Waals surface area contributed by atoms with E-state index in [0.717, 1.165) is 0 Å². The lowest BCUT2D eigenvalue weighted by atomic mass is 9.87. The highest BCUT2D eigenvalue weighted by Crippen LogP contribution is 2.26. The van der Waals surface area contributed by atoms with Crippen molar-refractivity contribution in [3.05, 3.63) is 36.5 Å². The van der Waals surface area contributed by atoms with Gasteiger partial charge in [0.2, 0.25) is 0 Å². The van der Waals surface area contributed by atoms with E-state index in [9.17, 15) is 0 Å². The molecule has 1 unspecified atom stereocenters. The maximum atomic E-state index is 4.03. The van der Waals surface area contributed by atoms with Gasteiger partial charge in [0, 0.05) is 0 Å². The molecule has 14 heavy (non-hydrogen) atoms. The fraction of sp³-hybridized carbons (Fsp3) is 0.571. The van der Waals surface area contributed by atoms with E-state index in [-0.39, 0.29) is 0 Å². The molecule has 0 saturated carbocycles. The van der Waals surface area contributed by atoms with E-state index in [4.69, 9.17) is 0 Å². The first-order valence-electron chi connectivity index (χ1n) is 5.65. The van der Waals surface area contributed by atoms with Crippen LogP contribution in [0.4, 0.5) is 0 Å². The second kappa shape index (κ2) is 7.61. The molecule has 0 aromatic carbocycles. The van der Waals surface area contributed by atoms with Crippen molar-refractivity contribution < 1.29 is 0 Å². The zero-order valence-corrected chi connectivity index (χ0v) is 9.97. The number of rotatable bonds is 7. The number of allylic oxidation sites excluding steroid dienone is 4. The van der Waals surface area contributed by atoms with E-state index >= 15 is 0 Å². The molecule has 0 aliphatic rings. The van der Waals surface area contributed by atoms with Crippen LogP contribution in [0, 0.1) is 5.92 Å². The van der Waals surface area contributed by atoms with E-state index in [1.165, 1.54) is 36.8 Å². The topological polar surface area (TPSA) is 0 Å². The zero-order chi connectivity index (χ0) is 11.0. The minimum absolute atomic E-state index is 0.672. The molecular formula is C14H24. The molecule has 0 nitrogen and oxygen atoms in total. The van der Waals surface area contributed by atoms with Gasteiger partial charge in [-0.2, -0.15) is 0 Å². The van der Waals surface area contributed by atoms with Crippen LogP contribution in [0.1, 0.15) is 46.5 Å². The Bertz CT molecular complexity index is 208. The van der Waals surface area contributed by atoms with Gasteiger partial charge in [0.05, 0.1) is 0 Å². The molecule has 1 atom stereocenters. The van der Waals surface area contributed by atoms with Crippen LogP contribution in [0.15, 0.2) is 36.5 Å². The van der Waals surface area contributed by atoms with Crippen LogP contribution in [0.3, 0.4) is 0 Å². The molecule has 0 aliphatic carbocycles. The van der Waals surface area contributed by atoms with Gasteiger partial charge in [0.1, 0.15) is 0 Å². The predicted molar refractivity (Wildman–Crippen MR) is 66.4 cm³/mol. The highest BCUT2D eigenvalue weighted by molar-refractivity contribution is 5.31. The maximum absolute atomic E-state index is 4.03. The van der Waals surface area contributed by atoms with Crippen molar-refractivity contribution in [2.45, 2.75) is 46.5 Å². The third-order valence-corrected chi connectivity index (χ3v) is 2.63. The minimum atomic E-state index is 0.672. The summed E-state index contributed by atoms with van der Waals surface area (Å²) >= 11 is 0. The molecule has 0 spiro atoms. The molecular weight excluding hydrogens is 168 g/mol. The summed E-state index contributed by atoms with van der Waals surface area (Å²) in [6.07, 6.45) is 9.05. The van der Waals surface area contributed by atoms with Crippen molar-refractivity contribution >= 4 is 0 Å². The first-order valence-corrected chi connectivity index (χ1v) is 5.65. The summed E-state index contributed by atoms with van der Waals surface area (Å²) in [5.41, 5.74) is 2.57. The Kier molecular flexibility index (Phi) is 7.18. The Hall–Kier alpha value is -0.780. The van der Waals surface area contributed by atoms with Gasteiger partial charge in [0.15, 0.2) is 0 Å². The van der Waals surface area contributed by atoms with Gasteiger partial charge in [0.25, 0.3) is 0 Å². The van der Waals surface area contributed by atoms with Crippen molar-refractivity contribution in [3.63, 3.8) is 0 Å². The van der Waals surface area contributed by atoms with E-state index in [1.807, 2.05) is 6.08 Å². The van der Waals surface area contributed by atoms with Gasteiger partial charge in [-0.25, -0.2) is 0 Å². The first-order chi connectivity index (χ1) is 6.67. The fourth-order valence-electron chi connectivity index (χ4n) is 1.78. The van der Waals surface area contributed by atoms with Crippen molar-refractivity contribution in [1.82, 2.24) is 0 Å². The van der Waals surface area contributed by atoms with Crippen LogP contribution < -0.4 is 0 Å². The van der Waals surface area contributed by atoms with Crippen molar-refractivity contribution in [3.8, 4) is 0 Å². The highest BCUT2D eigenvalue weighted by atomic mass is 14.2. The number of hydrogen-bond acceptors (Lipinski definition) is 0. The second-order valence-corrected chi connectivity index (χ2v) is 3.89. The Labute approximate surface area is 89.4 Å². The van der Waals surface area contributed by atoms with E-state index in [0.29, 0.717) is 5.92 Å². The molecule has 0 amide bonds. The summed E-state index contributed by atoms with van der Waals surface area (Å²) in [7, 11) is 0. The van der Waals surface area contributed by atoms with Gasteiger partial charge >= 0.3 is 0 Å². The second-order valence-electron chi connectivity index (χ2n) is 3.89. The molecule has 0 aliphatic heterocycles. The van der Waals surface area contributed by atoms with Gasteiger partial charge in [-0.15, -0.1) is 0 Å². The normalized spacial score (nSPS) is 13.8. The van der Waals surface area contributed by atoms with E-state index in [2.05, 4.69) is 40.0 Å². The lowest BCUT2D eigenvalue weighted by Gasteiger charge is -2.18. The average Bonchev–Trinajstić information content (AvgIpc) is 2.17. The van der Waals surface area contributed by atoms with Gasteiger partial charge in [-0.05, 0) is 31.3 Å². The third-order valence-electron chi connectivity index (χ3n) is 2.63. The van der Waals surface area contributed by atoms with Crippen molar-refractivity contribution in [2.24, 2.45) is 5.92 Å². The minimum Gasteiger partial charge on any atom is -0.0991 e. The Morgan fingerprint density at radius 3 is 2.36 bits per heavy atom. The van der Waals surface area contributed by atoms with Gasteiger partial charge in [-0.1, -0.05) is 57.6 Å². The molecule has 0 N–H and O–H groups in total. The summed E-state index contributed by atoms with van der Waals surface area (Å²) < 4.78 is 0. The summed E-state index contributed by atoms with van der Waals surface area (Å²) in [4.78, 5) is 0. The van der Waals surface area contributed by atoms with Gasteiger partial charge < -0.3 is 0 Å². The molecule has 0 fully saturated rings. The maximum Gasteiger partial charge on any atom is -0.0162 e. The molecule has 0 heteroatoms. The summed E-state index contributed by atoms with van der Waals surface area (Å²) in [6, 6.07) is 0. The molecule has 0 aromatic heterocycles. The van der Waals surface area contributed by atoms with Crippen LogP contribution in [0.5, 0.6) is 0 Å². The molecule has 0 heterocycles. The standard InChI is InChI=1S/C14H24/c1-6-9-11-13(8-3)14(10-7-2)12(4)5/h7,10,13H,2,4,6,8-9,11H2,1,3,5H3/b14-10+. The quantitative estimate of drug-likeness (QED) is 0.504. The smallest absolute Gasteiger partial charge is 0.0162 e. The summed E-state index contributed by atoms with van der Waals surface area (Å²) in [6.45, 7) is 14.4. The largest absolute Gasteiger partial charge is 0.0991 e. The molecule has 0 saturated heterocycles. The van der Waals surface area contributed by atoms with Crippen LogP contribution in [-0.2, 0) is 0 Å². The van der Waals surface area contributed by atoms with E-state index < -0.39 is 0 Å². The molecule has 0 bridgehead atoms. The summed E-state index contributed by atoms with van der Waals surface area (Å²) in [5.74, 6) is 0.672. The Balaban J connectivity index is 4.50. The van der Waals surface area contributed by atoms with Crippen LogP contribution in [0.2, 0.25) is 0 Å². The van der Waals surface area contributed by atoms with Crippen LogP contribution in [-0.4, -0.2) is 0 Å². The molecule has 0 radical (unpaired) electrons. The summed E-state index contributed by atoms with van der Waals surface area (Å²) in [5, 5.41) is 0. The van der Waals surface area contributed by atoms with Crippen LogP contribution >= 0.6 is 0 Å². The van der Waals surface area contributed by atoms with Gasteiger partial charge in [-0.3, -0.25) is 0 Å². The van der Waals surface area contributed by atoms with Crippen molar-refractivity contribution in [1.29, 1.82) is 0 Å². The first kappa shape index (κ1) is 13.2. The zero-order valence-electron chi connectivity index (χ0n) is 9.97. The Morgan fingerprint density at radius 1 is 1.36 bits per heavy atom. The number of unbranched alkanes of at least 4 members (excludes halogenated alkanes) is 1. The highest BCUT2D eigenvalue weighted by Gasteiger charge is 2.11. The van der Waals surface area contributed by atoms with Crippen LogP contribution in [0.25, 0.3) is 0 Å². The SMILES string of the molecule is C=C/C=C(\C(=C)C)C(CC)CCCC. The van der Waals surface area contributed by atoms with Crippen molar-refractivity contribution in [2.75, 3.05) is 0 Å². The predicted octanol–water partition coefficient (Wildman–Crippen LogP) is 4.89. The lowest BCUT2D eigenvalue weighted by Crippen LogP contribution is -2.04. The third kappa shape index (κ3) is 4.45. The monoisotopic (exact) mass is 192 g/mol. The fourth-order valence-corrected chi connectivity index (χ4v) is 1.78. The average molecular weight is 192 g/mol. The molecule has 0 aromatic rings. The van der Waals surface area contributed by atoms with E-state index in [1.54, 1.807) is 0 Å². The number of hydrogen-bond donors (Lipinski definition) is 0. The Morgan fingerprint density at radius 2 is 2.00 bits per heavy atom. The lowest BCUT2D eigenvalue weighted by molar-refractivity contribution is 0.519. The molecule has 0 rings (SSSR count). The molecule has 80 valence electrons.